The summed E-state index contributed by atoms with van der Waals surface area (Å²) in [6, 6.07) is 28.8. The van der Waals surface area contributed by atoms with E-state index in [9.17, 15) is 0 Å². The van der Waals surface area contributed by atoms with E-state index in [0.717, 1.165) is 5.52 Å². The van der Waals surface area contributed by atoms with Crippen LogP contribution in [0.25, 0.3) is 44.2 Å². The fourth-order valence-corrected chi connectivity index (χ4v) is 5.76. The zero-order chi connectivity index (χ0) is 18.7. The van der Waals surface area contributed by atoms with Gasteiger partial charge in [0.25, 0.3) is 6.71 Å². The molecule has 0 spiro atoms. The third-order valence-electron chi connectivity index (χ3n) is 6.80. The van der Waals surface area contributed by atoms with Crippen molar-refractivity contribution in [3.05, 3.63) is 85.2 Å². The van der Waals surface area contributed by atoms with E-state index >= 15 is 0 Å². The third kappa shape index (κ3) is 1.47. The molecule has 0 amide bonds. The molecular weight excluding hydrogens is 353 g/mol. The molecule has 8 rings (SSSR count). The number of imidazole rings is 1. The van der Waals surface area contributed by atoms with Crippen molar-refractivity contribution in [2.75, 3.05) is 0 Å². The predicted octanol–water partition coefficient (Wildman–Crippen LogP) is 3.27. The monoisotopic (exact) mass is 367 g/mol. The van der Waals surface area contributed by atoms with E-state index in [1.54, 1.807) is 0 Å². The van der Waals surface area contributed by atoms with Gasteiger partial charge in [0.05, 0.1) is 16.6 Å². The van der Waals surface area contributed by atoms with Gasteiger partial charge in [-0.1, -0.05) is 54.6 Å². The minimum atomic E-state index is 0.231. The van der Waals surface area contributed by atoms with Gasteiger partial charge in [-0.3, -0.25) is 4.57 Å². The fourth-order valence-electron chi connectivity index (χ4n) is 5.76. The van der Waals surface area contributed by atoms with Crippen molar-refractivity contribution in [3.63, 3.8) is 0 Å². The highest BCUT2D eigenvalue weighted by atomic mass is 15.1. The van der Waals surface area contributed by atoms with Crippen molar-refractivity contribution in [2.24, 2.45) is 0 Å². The summed E-state index contributed by atoms with van der Waals surface area (Å²) in [6.07, 6.45) is 1.98. The smallest absolute Gasteiger partial charge is 0.252 e. The lowest BCUT2D eigenvalue weighted by atomic mass is 9.34. The van der Waals surface area contributed by atoms with Gasteiger partial charge in [0.15, 0.2) is 0 Å². The van der Waals surface area contributed by atoms with Gasteiger partial charge >= 0.3 is 0 Å². The molecule has 2 aromatic heterocycles. The number of aromatic nitrogens is 3. The van der Waals surface area contributed by atoms with E-state index in [0.29, 0.717) is 0 Å². The van der Waals surface area contributed by atoms with Crippen molar-refractivity contribution < 1.29 is 0 Å². The highest BCUT2D eigenvalue weighted by molar-refractivity contribution is 7.00. The molecule has 0 unspecified atom stereocenters. The van der Waals surface area contributed by atoms with Crippen molar-refractivity contribution in [1.29, 1.82) is 0 Å². The molecule has 4 heterocycles. The summed E-state index contributed by atoms with van der Waals surface area (Å²) in [5.41, 5.74) is 11.6. The standard InChI is InChI=1S/C25H14BN3/c1-2-11-20-15(6-1)16-7-3-8-17-24(16)29(20)22-13-5-12-21-23(22)26(17)18-9-4-10-19-25(18)28(21)14-27-19/h1-14H. The number of nitrogens with zero attached hydrogens (tertiary/aromatic N) is 3. The third-order valence-corrected chi connectivity index (χ3v) is 6.80. The summed E-state index contributed by atoms with van der Waals surface area (Å²) in [5, 5.41) is 2.65. The maximum Gasteiger partial charge on any atom is 0.252 e. The van der Waals surface area contributed by atoms with Crippen LogP contribution in [-0.4, -0.2) is 20.8 Å². The summed E-state index contributed by atoms with van der Waals surface area (Å²) in [4.78, 5) is 4.70. The van der Waals surface area contributed by atoms with Crippen LogP contribution in [0.4, 0.5) is 0 Å². The van der Waals surface area contributed by atoms with Crippen LogP contribution in [-0.2, 0) is 0 Å². The number of hydrogen-bond acceptors (Lipinski definition) is 1. The molecule has 0 radical (unpaired) electrons. The van der Waals surface area contributed by atoms with Crippen LogP contribution >= 0.6 is 0 Å². The number of benzene rings is 4. The highest BCUT2D eigenvalue weighted by Crippen LogP contribution is 2.35. The summed E-state index contributed by atoms with van der Waals surface area (Å²) >= 11 is 0. The van der Waals surface area contributed by atoms with Gasteiger partial charge in [-0.15, -0.1) is 0 Å². The van der Waals surface area contributed by atoms with E-state index in [2.05, 4.69) is 88.0 Å². The van der Waals surface area contributed by atoms with E-state index in [4.69, 9.17) is 4.98 Å². The minimum Gasteiger partial charge on any atom is -0.310 e. The molecule has 3 nitrogen and oxygen atoms in total. The van der Waals surface area contributed by atoms with Gasteiger partial charge < -0.3 is 4.57 Å². The second-order valence-electron chi connectivity index (χ2n) is 8.07. The molecule has 4 aromatic carbocycles. The Kier molecular flexibility index (Phi) is 2.26. The second-order valence-corrected chi connectivity index (χ2v) is 8.07. The van der Waals surface area contributed by atoms with Crippen LogP contribution in [0.3, 0.4) is 0 Å². The van der Waals surface area contributed by atoms with Crippen LogP contribution in [0.2, 0.25) is 0 Å². The molecule has 132 valence electrons. The zero-order valence-electron chi connectivity index (χ0n) is 15.5. The number of fused-ring (bicyclic) bond motifs is 7. The SMILES string of the molecule is c1cc2c3c(c1)-n1c4ccccc4c4cccc(c41)B3c1cccc3ncn-2c13. The van der Waals surface area contributed by atoms with E-state index < -0.39 is 0 Å². The second kappa shape index (κ2) is 4.61. The molecule has 0 saturated carbocycles. The molecule has 0 saturated heterocycles. The summed E-state index contributed by atoms with van der Waals surface area (Å²) < 4.78 is 4.74. The molecule has 29 heavy (non-hydrogen) atoms. The normalized spacial score (nSPS) is 13.4. The lowest BCUT2D eigenvalue weighted by molar-refractivity contribution is 1.08. The summed E-state index contributed by atoms with van der Waals surface area (Å²) in [5.74, 6) is 0. The zero-order valence-corrected chi connectivity index (χ0v) is 15.5. The largest absolute Gasteiger partial charge is 0.310 e. The molecule has 0 aliphatic carbocycles. The van der Waals surface area contributed by atoms with E-state index in [1.165, 1.54) is 55.1 Å². The maximum absolute atomic E-state index is 4.70. The Balaban J connectivity index is 1.69. The van der Waals surface area contributed by atoms with Crippen LogP contribution in [0, 0.1) is 0 Å². The number of rotatable bonds is 0. The Labute approximate surface area is 166 Å². The minimum absolute atomic E-state index is 0.231. The van der Waals surface area contributed by atoms with Crippen LogP contribution in [0.15, 0.2) is 85.2 Å². The van der Waals surface area contributed by atoms with Gasteiger partial charge in [0.1, 0.15) is 6.33 Å². The van der Waals surface area contributed by atoms with Crippen molar-refractivity contribution in [1.82, 2.24) is 14.1 Å². The Morgan fingerprint density at radius 3 is 2.38 bits per heavy atom. The highest BCUT2D eigenvalue weighted by Gasteiger charge is 2.39. The molecule has 2 aliphatic rings. The Hall–Kier alpha value is -3.79. The molecule has 0 atom stereocenters. The molecule has 2 aliphatic heterocycles. The van der Waals surface area contributed by atoms with Gasteiger partial charge in [-0.05, 0) is 40.7 Å². The first-order valence-electron chi connectivity index (χ1n) is 10.0. The summed E-state index contributed by atoms with van der Waals surface area (Å²) in [7, 11) is 0. The Morgan fingerprint density at radius 2 is 1.41 bits per heavy atom. The van der Waals surface area contributed by atoms with Crippen LogP contribution in [0.1, 0.15) is 0 Å². The molecule has 0 fully saturated rings. The van der Waals surface area contributed by atoms with Crippen LogP contribution < -0.4 is 16.4 Å². The molecule has 6 aromatic rings. The van der Waals surface area contributed by atoms with Gasteiger partial charge in [-0.25, -0.2) is 4.98 Å². The van der Waals surface area contributed by atoms with Crippen LogP contribution in [0.5, 0.6) is 0 Å². The molecule has 0 bridgehead atoms. The first kappa shape index (κ1) is 14.2. The molecule has 0 N–H and O–H groups in total. The van der Waals surface area contributed by atoms with Gasteiger partial charge in [0.2, 0.25) is 0 Å². The first-order chi connectivity index (χ1) is 14.4. The van der Waals surface area contributed by atoms with Crippen molar-refractivity contribution in [2.45, 2.75) is 0 Å². The summed E-state index contributed by atoms with van der Waals surface area (Å²) in [6.45, 7) is 0.231. The maximum atomic E-state index is 4.70. The number of para-hydroxylation sites is 3. The Bertz CT molecular complexity index is 1670. The van der Waals surface area contributed by atoms with E-state index in [-0.39, 0.29) is 6.71 Å². The lowest BCUT2D eigenvalue weighted by Crippen LogP contribution is -2.59. The first-order valence-corrected chi connectivity index (χ1v) is 10.0. The van der Waals surface area contributed by atoms with Gasteiger partial charge in [-0.2, -0.15) is 0 Å². The average molecular weight is 367 g/mol. The molecule has 4 heteroatoms. The van der Waals surface area contributed by atoms with Gasteiger partial charge in [0, 0.05) is 27.7 Å². The lowest BCUT2D eigenvalue weighted by Gasteiger charge is -2.32. The van der Waals surface area contributed by atoms with E-state index in [1.807, 2.05) is 6.33 Å². The van der Waals surface area contributed by atoms with Crippen molar-refractivity contribution >= 4 is 55.9 Å². The topological polar surface area (TPSA) is 22.8 Å². The predicted molar refractivity (Wildman–Crippen MR) is 120 cm³/mol. The van der Waals surface area contributed by atoms with Crippen molar-refractivity contribution in [3.8, 4) is 11.4 Å². The fraction of sp³-hybridized carbons (Fsp3) is 0. The number of hydrogen-bond donors (Lipinski definition) is 0. The average Bonchev–Trinajstić information content (AvgIpc) is 3.35. The Morgan fingerprint density at radius 1 is 0.655 bits per heavy atom. The molecular formula is C25H14BN3. The quantitative estimate of drug-likeness (QED) is 0.377.